The monoisotopic (exact) mass is 248 g/mol. The predicted molar refractivity (Wildman–Crippen MR) is 67.7 cm³/mol. The number of rotatable bonds is 11. The Morgan fingerprint density at radius 3 is 1.82 bits per heavy atom. The van der Waals surface area contributed by atoms with Gasteiger partial charge in [0.25, 0.3) is 0 Å². The van der Waals surface area contributed by atoms with Gasteiger partial charge in [0.05, 0.1) is 12.7 Å². The SMILES string of the molecule is CCCCCCCCC[C@@H](O)[C@H](O)[C@@H](O)CO. The Hall–Kier alpha value is -0.160. The summed E-state index contributed by atoms with van der Waals surface area (Å²) in [6, 6.07) is 0. The molecule has 0 aliphatic carbocycles. The lowest BCUT2D eigenvalue weighted by Crippen LogP contribution is -2.39. The molecule has 0 bridgehead atoms. The van der Waals surface area contributed by atoms with E-state index in [1.165, 1.54) is 25.7 Å². The first-order valence-electron chi connectivity index (χ1n) is 6.78. The number of aliphatic hydroxyl groups is 4. The molecule has 0 saturated carbocycles. The summed E-state index contributed by atoms with van der Waals surface area (Å²) in [6.45, 7) is 1.67. The lowest BCUT2D eigenvalue weighted by atomic mass is 10.0. The summed E-state index contributed by atoms with van der Waals surface area (Å²) < 4.78 is 0. The average Bonchev–Trinajstić information content (AvgIpc) is 2.35. The molecule has 0 fully saturated rings. The van der Waals surface area contributed by atoms with Crippen molar-refractivity contribution >= 4 is 0 Å². The van der Waals surface area contributed by atoms with E-state index < -0.39 is 24.9 Å². The van der Waals surface area contributed by atoms with Crippen LogP contribution >= 0.6 is 0 Å². The minimum Gasteiger partial charge on any atom is -0.394 e. The molecule has 0 aromatic heterocycles. The van der Waals surface area contributed by atoms with Crippen LogP contribution in [-0.4, -0.2) is 45.3 Å². The summed E-state index contributed by atoms with van der Waals surface area (Å²) in [5.41, 5.74) is 0. The summed E-state index contributed by atoms with van der Waals surface area (Å²) in [5.74, 6) is 0. The molecule has 0 aliphatic heterocycles. The lowest BCUT2D eigenvalue weighted by molar-refractivity contribution is -0.0787. The van der Waals surface area contributed by atoms with Crippen LogP contribution in [0.5, 0.6) is 0 Å². The highest BCUT2D eigenvalue weighted by Gasteiger charge is 2.23. The standard InChI is InChI=1S/C13H28O4/c1-2-3-4-5-6-7-8-9-11(15)13(17)12(16)10-14/h11-17H,2-10H2,1H3/t11-,12+,13+/m1/s1. The lowest BCUT2D eigenvalue weighted by Gasteiger charge is -2.21. The Balaban J connectivity index is 3.41. The highest BCUT2D eigenvalue weighted by Crippen LogP contribution is 2.12. The van der Waals surface area contributed by atoms with Crippen molar-refractivity contribution in [1.82, 2.24) is 0 Å². The quantitative estimate of drug-likeness (QED) is 0.414. The van der Waals surface area contributed by atoms with Crippen LogP contribution in [0, 0.1) is 0 Å². The van der Waals surface area contributed by atoms with Crippen molar-refractivity contribution in [2.75, 3.05) is 6.61 Å². The number of hydrogen-bond acceptors (Lipinski definition) is 4. The third kappa shape index (κ3) is 8.55. The average molecular weight is 248 g/mol. The molecule has 4 heteroatoms. The fraction of sp³-hybridized carbons (Fsp3) is 1.00. The molecule has 0 spiro atoms. The second kappa shape index (κ2) is 11.0. The molecule has 0 saturated heterocycles. The van der Waals surface area contributed by atoms with E-state index in [0.29, 0.717) is 6.42 Å². The van der Waals surface area contributed by atoms with Crippen LogP contribution in [0.3, 0.4) is 0 Å². The van der Waals surface area contributed by atoms with Crippen molar-refractivity contribution in [3.05, 3.63) is 0 Å². The van der Waals surface area contributed by atoms with Crippen molar-refractivity contribution < 1.29 is 20.4 Å². The van der Waals surface area contributed by atoms with Crippen molar-refractivity contribution in [3.63, 3.8) is 0 Å². The molecule has 0 aromatic carbocycles. The topological polar surface area (TPSA) is 80.9 Å². The summed E-state index contributed by atoms with van der Waals surface area (Å²) in [4.78, 5) is 0. The Morgan fingerprint density at radius 1 is 0.765 bits per heavy atom. The minimum atomic E-state index is -1.24. The van der Waals surface area contributed by atoms with Gasteiger partial charge in [-0.2, -0.15) is 0 Å². The van der Waals surface area contributed by atoms with Crippen LogP contribution in [0.2, 0.25) is 0 Å². The van der Waals surface area contributed by atoms with Gasteiger partial charge in [0.1, 0.15) is 12.2 Å². The summed E-state index contributed by atoms with van der Waals surface area (Å²) in [5, 5.41) is 36.7. The molecule has 4 nitrogen and oxygen atoms in total. The summed E-state index contributed by atoms with van der Waals surface area (Å²) in [7, 11) is 0. The molecule has 4 N–H and O–H groups in total. The second-order valence-electron chi connectivity index (χ2n) is 4.72. The van der Waals surface area contributed by atoms with E-state index in [9.17, 15) is 10.2 Å². The molecule has 3 atom stereocenters. The molecule has 0 aliphatic rings. The van der Waals surface area contributed by atoms with Gasteiger partial charge in [-0.1, -0.05) is 51.9 Å². The Morgan fingerprint density at radius 2 is 1.29 bits per heavy atom. The van der Waals surface area contributed by atoms with Crippen molar-refractivity contribution in [2.24, 2.45) is 0 Å². The molecule has 0 radical (unpaired) electrons. The van der Waals surface area contributed by atoms with Crippen LogP contribution in [-0.2, 0) is 0 Å². The molecular formula is C13H28O4. The molecule has 17 heavy (non-hydrogen) atoms. The van der Waals surface area contributed by atoms with E-state index in [1.54, 1.807) is 0 Å². The first-order valence-corrected chi connectivity index (χ1v) is 6.78. The number of unbranched alkanes of at least 4 members (excludes halogenated alkanes) is 6. The number of hydrogen-bond donors (Lipinski definition) is 4. The van der Waals surface area contributed by atoms with Crippen LogP contribution in [0.15, 0.2) is 0 Å². The molecular weight excluding hydrogens is 220 g/mol. The third-order valence-corrected chi connectivity index (χ3v) is 3.08. The first kappa shape index (κ1) is 16.8. The van der Waals surface area contributed by atoms with Gasteiger partial charge < -0.3 is 20.4 Å². The minimum absolute atomic E-state index is 0.478. The largest absolute Gasteiger partial charge is 0.394 e. The third-order valence-electron chi connectivity index (χ3n) is 3.08. The maximum Gasteiger partial charge on any atom is 0.108 e. The first-order chi connectivity index (χ1) is 8.13. The van der Waals surface area contributed by atoms with E-state index in [0.717, 1.165) is 19.3 Å². The maximum absolute atomic E-state index is 9.54. The Bertz CT molecular complexity index is 163. The fourth-order valence-electron chi connectivity index (χ4n) is 1.85. The summed E-state index contributed by atoms with van der Waals surface area (Å²) >= 11 is 0. The van der Waals surface area contributed by atoms with Crippen LogP contribution in [0.4, 0.5) is 0 Å². The zero-order valence-corrected chi connectivity index (χ0v) is 10.9. The van der Waals surface area contributed by atoms with E-state index in [2.05, 4.69) is 6.92 Å². The van der Waals surface area contributed by atoms with Crippen molar-refractivity contribution in [2.45, 2.75) is 76.6 Å². The van der Waals surface area contributed by atoms with Gasteiger partial charge in [-0.15, -0.1) is 0 Å². The van der Waals surface area contributed by atoms with Crippen molar-refractivity contribution in [3.8, 4) is 0 Å². The van der Waals surface area contributed by atoms with E-state index >= 15 is 0 Å². The molecule has 0 unspecified atom stereocenters. The molecule has 104 valence electrons. The Kier molecular flexibility index (Phi) is 10.9. The smallest absolute Gasteiger partial charge is 0.108 e. The summed E-state index contributed by atoms with van der Waals surface area (Å²) in [6.07, 6.45) is 5.13. The van der Waals surface area contributed by atoms with Gasteiger partial charge in [-0.25, -0.2) is 0 Å². The predicted octanol–water partition coefficient (Wildman–Crippen LogP) is 1.20. The van der Waals surface area contributed by atoms with Gasteiger partial charge in [-0.3, -0.25) is 0 Å². The van der Waals surface area contributed by atoms with E-state index in [4.69, 9.17) is 10.2 Å². The van der Waals surface area contributed by atoms with Crippen molar-refractivity contribution in [1.29, 1.82) is 0 Å². The zero-order chi connectivity index (χ0) is 13.1. The van der Waals surface area contributed by atoms with E-state index in [1.807, 2.05) is 0 Å². The van der Waals surface area contributed by atoms with Gasteiger partial charge in [0, 0.05) is 0 Å². The van der Waals surface area contributed by atoms with Crippen LogP contribution in [0.25, 0.3) is 0 Å². The van der Waals surface area contributed by atoms with Crippen LogP contribution < -0.4 is 0 Å². The van der Waals surface area contributed by atoms with Crippen LogP contribution in [0.1, 0.15) is 58.3 Å². The zero-order valence-electron chi connectivity index (χ0n) is 10.9. The molecule has 0 aromatic rings. The maximum atomic E-state index is 9.54. The normalized spacial score (nSPS) is 16.8. The second-order valence-corrected chi connectivity index (χ2v) is 4.72. The van der Waals surface area contributed by atoms with E-state index in [-0.39, 0.29) is 0 Å². The van der Waals surface area contributed by atoms with Gasteiger partial charge in [0.15, 0.2) is 0 Å². The highest BCUT2D eigenvalue weighted by molar-refractivity contribution is 4.74. The van der Waals surface area contributed by atoms with Gasteiger partial charge >= 0.3 is 0 Å². The van der Waals surface area contributed by atoms with Gasteiger partial charge in [0.2, 0.25) is 0 Å². The highest BCUT2D eigenvalue weighted by atomic mass is 16.4. The Labute approximate surface area is 104 Å². The molecule has 0 heterocycles. The molecule has 0 rings (SSSR count). The van der Waals surface area contributed by atoms with Gasteiger partial charge in [-0.05, 0) is 6.42 Å². The fourth-order valence-corrected chi connectivity index (χ4v) is 1.85. The molecule has 0 amide bonds. The number of aliphatic hydroxyl groups excluding tert-OH is 4.